The van der Waals surface area contributed by atoms with Crippen molar-refractivity contribution >= 4 is 8.78 Å². The van der Waals surface area contributed by atoms with E-state index in [1.807, 2.05) is 0 Å². The summed E-state index contributed by atoms with van der Waals surface area (Å²) in [5.41, 5.74) is 12.1. The molecule has 0 bridgehead atoms. The van der Waals surface area contributed by atoms with E-state index < -0.39 is 0 Å². The number of benzene rings is 1. The molecule has 5 aliphatic rings. The summed E-state index contributed by atoms with van der Waals surface area (Å²) < 4.78 is 1.51. The third-order valence-corrected chi connectivity index (χ3v) is 13.4. The van der Waals surface area contributed by atoms with E-state index in [4.69, 9.17) is 0 Å². The van der Waals surface area contributed by atoms with Crippen LogP contribution in [0.2, 0.25) is 0 Å². The number of hydrogen-bond acceptors (Lipinski definition) is 0. The van der Waals surface area contributed by atoms with Crippen molar-refractivity contribution in [3.8, 4) is 0 Å². The molecule has 0 saturated heterocycles. The molecule has 1 fully saturated rings. The molecule has 0 aromatic heterocycles. The zero-order valence-electron chi connectivity index (χ0n) is 32.8. The fourth-order valence-electron chi connectivity index (χ4n) is 9.14. The molecule has 0 radical (unpaired) electrons. The molecular formula is C45H64Cl2Zr-2. The molecule has 3 heteroatoms. The quantitative estimate of drug-likeness (QED) is 0.296. The zero-order valence-corrected chi connectivity index (χ0v) is 36.7. The molecule has 48 heavy (non-hydrogen) atoms. The Kier molecular flexibility index (Phi) is 14.2. The summed E-state index contributed by atoms with van der Waals surface area (Å²) in [6, 6.07) is 9.16. The van der Waals surface area contributed by atoms with Gasteiger partial charge in [0.2, 0.25) is 0 Å². The molecule has 0 nitrogen and oxygen atoms in total. The van der Waals surface area contributed by atoms with Crippen LogP contribution in [0.5, 0.6) is 0 Å². The number of unbranched alkanes of at least 4 members (excludes halogenated alkanes) is 1. The van der Waals surface area contributed by atoms with E-state index in [1.54, 1.807) is 52.4 Å². The Morgan fingerprint density at radius 2 is 1.58 bits per heavy atom. The van der Waals surface area contributed by atoms with Crippen LogP contribution in [0.1, 0.15) is 140 Å². The summed E-state index contributed by atoms with van der Waals surface area (Å²) in [5.74, 6) is 2.83. The van der Waals surface area contributed by atoms with Gasteiger partial charge in [0.25, 0.3) is 0 Å². The SMILES string of the molecule is CCCCC1[C-]=CC(C(C)(C)C)=C1.C[C-]1C2=C3Cc4ccccc4C3=C3C=CCCC3C2(C)C(C)(C)C(C)(C)C1(C)C.C[C](C)=[Zr+2].[Cl-].[Cl-]. The summed E-state index contributed by atoms with van der Waals surface area (Å²) in [6.45, 7) is 33.6. The second-order valence-corrected chi connectivity index (χ2v) is 20.1. The molecule has 6 rings (SSSR count). The Hall–Kier alpha value is -0.877. The maximum absolute atomic E-state index is 3.43. The Morgan fingerprint density at radius 1 is 0.979 bits per heavy atom. The van der Waals surface area contributed by atoms with Gasteiger partial charge in [0.1, 0.15) is 0 Å². The Balaban J connectivity index is 0.000000355. The third-order valence-electron chi connectivity index (χ3n) is 13.4. The summed E-state index contributed by atoms with van der Waals surface area (Å²) in [4.78, 5) is 0. The van der Waals surface area contributed by atoms with Gasteiger partial charge in [-0.2, -0.15) is 22.8 Å². The number of fused-ring (bicyclic) bond motifs is 6. The molecule has 0 aliphatic heterocycles. The molecule has 1 aromatic rings. The number of halogens is 2. The molecule has 0 N–H and O–H groups in total. The summed E-state index contributed by atoms with van der Waals surface area (Å²) in [7, 11) is 0. The van der Waals surface area contributed by atoms with Crippen molar-refractivity contribution in [2.75, 3.05) is 0 Å². The van der Waals surface area contributed by atoms with Gasteiger partial charge in [-0.3, -0.25) is 6.08 Å². The summed E-state index contributed by atoms with van der Waals surface area (Å²) >= 11 is 1.55. The first-order valence-corrected chi connectivity index (χ1v) is 19.4. The van der Waals surface area contributed by atoms with Gasteiger partial charge in [0.05, 0.1) is 0 Å². The van der Waals surface area contributed by atoms with Gasteiger partial charge in [-0.1, -0.05) is 172 Å². The standard InChI is InChI=1S/C29H37.C13H21.C3H6.2ClH.Zr/c1-18-25-22-17-19-13-9-10-14-20(19)24(22)21-15-11-12-16-23(21)29(25,8)28(6,7)27(4,5)26(18,2)3;1-5-6-7-11-8-9-12(10-11)13(2,3)4;1-3-2;;;/h9-11,13-15,23H,12,16-17H2,1-8H3;9-11H,5-7H2,1-4H3;1-2H3;2*1H;/q2*-1;;;;+2/p-2. The molecule has 3 unspecified atom stereocenters. The second kappa shape index (κ2) is 15.8. The van der Waals surface area contributed by atoms with E-state index >= 15 is 0 Å². The fourth-order valence-corrected chi connectivity index (χ4v) is 9.14. The van der Waals surface area contributed by atoms with Crippen LogP contribution in [0.4, 0.5) is 0 Å². The smallest absolute Gasteiger partial charge is 1.00 e. The first kappa shape index (κ1) is 43.3. The average molecular weight is 767 g/mol. The van der Waals surface area contributed by atoms with Crippen LogP contribution in [-0.2, 0) is 30.7 Å². The zero-order chi connectivity index (χ0) is 34.5. The van der Waals surface area contributed by atoms with Crippen LogP contribution in [-0.4, -0.2) is 3.21 Å². The third kappa shape index (κ3) is 7.38. The van der Waals surface area contributed by atoms with E-state index in [0.717, 1.165) is 6.42 Å². The van der Waals surface area contributed by atoms with Crippen molar-refractivity contribution in [2.24, 2.45) is 38.9 Å². The van der Waals surface area contributed by atoms with Crippen LogP contribution < -0.4 is 24.8 Å². The van der Waals surface area contributed by atoms with Crippen LogP contribution in [0, 0.1) is 50.9 Å². The van der Waals surface area contributed by atoms with E-state index in [2.05, 4.69) is 152 Å². The predicted octanol–water partition coefficient (Wildman–Crippen LogP) is 6.86. The van der Waals surface area contributed by atoms with Crippen molar-refractivity contribution in [3.63, 3.8) is 0 Å². The van der Waals surface area contributed by atoms with Crippen molar-refractivity contribution in [1.29, 1.82) is 0 Å². The number of allylic oxidation sites excluding steroid dienone is 10. The summed E-state index contributed by atoms with van der Waals surface area (Å²) in [6.07, 6.45) is 20.4. The van der Waals surface area contributed by atoms with Gasteiger partial charge in [-0.25, -0.2) is 12.0 Å². The first-order valence-electron chi connectivity index (χ1n) is 18.2. The molecule has 264 valence electrons. The van der Waals surface area contributed by atoms with Crippen LogP contribution in [0.25, 0.3) is 5.57 Å². The predicted molar refractivity (Wildman–Crippen MR) is 199 cm³/mol. The topological polar surface area (TPSA) is 0 Å². The maximum atomic E-state index is 3.43. The minimum atomic E-state index is 0. The fraction of sp³-hybridized carbons (Fsp3) is 0.600. The first-order chi connectivity index (χ1) is 21.2. The van der Waals surface area contributed by atoms with Crippen LogP contribution in [0.15, 0.2) is 70.9 Å². The second-order valence-electron chi connectivity index (χ2n) is 17.7. The molecule has 1 aromatic carbocycles. The average Bonchev–Trinajstić information content (AvgIpc) is 3.61. The van der Waals surface area contributed by atoms with Crippen molar-refractivity contribution in [1.82, 2.24) is 0 Å². The summed E-state index contributed by atoms with van der Waals surface area (Å²) in [5, 5.41) is 0. The molecular weight excluding hydrogens is 703 g/mol. The van der Waals surface area contributed by atoms with E-state index in [1.165, 1.54) is 52.0 Å². The van der Waals surface area contributed by atoms with Gasteiger partial charge >= 0.3 is 41.3 Å². The molecule has 5 aliphatic carbocycles. The normalized spacial score (nSPS) is 26.7. The van der Waals surface area contributed by atoms with Crippen molar-refractivity contribution in [3.05, 3.63) is 94.0 Å². The minimum absolute atomic E-state index is 0. The monoisotopic (exact) mass is 764 g/mol. The van der Waals surface area contributed by atoms with Gasteiger partial charge in [0, 0.05) is 0 Å². The van der Waals surface area contributed by atoms with Gasteiger partial charge < -0.3 is 24.8 Å². The Bertz CT molecular complexity index is 1480. The molecule has 1 saturated carbocycles. The molecule has 3 atom stereocenters. The minimum Gasteiger partial charge on any atom is -1.00 e. The van der Waals surface area contributed by atoms with E-state index in [9.17, 15) is 0 Å². The Labute approximate surface area is 324 Å². The van der Waals surface area contributed by atoms with Gasteiger partial charge in [-0.15, -0.1) is 6.92 Å². The Morgan fingerprint density at radius 3 is 2.15 bits per heavy atom. The van der Waals surface area contributed by atoms with Crippen LogP contribution in [0.3, 0.4) is 0 Å². The number of hydrogen-bond donors (Lipinski definition) is 0. The molecule has 0 spiro atoms. The largest absolute Gasteiger partial charge is 1.00 e. The van der Waals surface area contributed by atoms with E-state index in [0.29, 0.717) is 17.3 Å². The van der Waals surface area contributed by atoms with Gasteiger partial charge in [0.15, 0.2) is 0 Å². The van der Waals surface area contributed by atoms with Crippen LogP contribution >= 0.6 is 0 Å². The van der Waals surface area contributed by atoms with Gasteiger partial charge in [-0.05, 0) is 40.6 Å². The molecule has 0 heterocycles. The number of rotatable bonds is 3. The van der Waals surface area contributed by atoms with Crippen molar-refractivity contribution in [2.45, 2.75) is 135 Å². The molecule has 0 amide bonds. The van der Waals surface area contributed by atoms with Crippen molar-refractivity contribution < 1.29 is 49.0 Å². The van der Waals surface area contributed by atoms with E-state index in [-0.39, 0.29) is 46.5 Å². The maximum Gasteiger partial charge on any atom is -1.00 e.